The maximum atomic E-state index is 14.0. The Labute approximate surface area is 276 Å². The number of aromatic hydroxyl groups is 1. The maximum Gasteiger partial charge on any atom is 0.246 e. The second-order valence-electron chi connectivity index (χ2n) is 11.6. The topological polar surface area (TPSA) is 184 Å². The highest BCUT2D eigenvalue weighted by Gasteiger charge is 2.38. The van der Waals surface area contributed by atoms with Gasteiger partial charge in [-0.25, -0.2) is 0 Å². The smallest absolute Gasteiger partial charge is 0.246 e. The lowest BCUT2D eigenvalue weighted by Gasteiger charge is -2.29. The molecule has 12 heteroatoms. The highest BCUT2D eigenvalue weighted by molar-refractivity contribution is 6.31. The molecule has 3 aromatic carbocycles. The van der Waals surface area contributed by atoms with Crippen molar-refractivity contribution in [2.75, 3.05) is 6.54 Å². The molecule has 1 aromatic heterocycles. The Morgan fingerprint density at radius 1 is 1.00 bits per heavy atom. The number of nitrogens with one attached hydrogen (secondary N) is 3. The third-order valence-electron chi connectivity index (χ3n) is 8.45. The minimum Gasteiger partial charge on any atom is -0.508 e. The number of primary amides is 1. The van der Waals surface area contributed by atoms with Gasteiger partial charge in [0, 0.05) is 40.7 Å². The third kappa shape index (κ3) is 7.65. The molecule has 5 rings (SSSR count). The lowest BCUT2D eigenvalue weighted by molar-refractivity contribution is -0.140. The van der Waals surface area contributed by atoms with E-state index in [4.69, 9.17) is 23.1 Å². The number of H-pyrrole nitrogens is 1. The summed E-state index contributed by atoms with van der Waals surface area (Å²) in [6.45, 7) is 4.14. The van der Waals surface area contributed by atoms with Crippen molar-refractivity contribution in [1.29, 1.82) is 0 Å². The van der Waals surface area contributed by atoms with Gasteiger partial charge in [0.15, 0.2) is 0 Å². The third-order valence-corrected chi connectivity index (χ3v) is 8.79. The molecule has 0 unspecified atom stereocenters. The standard InChI is InChI=1S/C35H37ClN6O5/c1-20(32(38)44)31(25-8-2-4-9-26(25)36)41-33(45)29(18-22-19-39-28-10-5-3-7-24(22)28)40-34(46)30-11-6-16-42(30)35(47)27(37)17-21-12-14-23(43)15-13-21/h2-5,7-10,12-15,19,27,29-31,39,43H,1,6,11,16-18,37H2,(H2,38,44)(H,40,46)(H,41,45)/t27-,29-,30-,31+/m0/s1. The Balaban J connectivity index is 1.39. The van der Waals surface area contributed by atoms with Gasteiger partial charge in [-0.1, -0.05) is 66.7 Å². The van der Waals surface area contributed by atoms with Crippen LogP contribution >= 0.6 is 11.6 Å². The zero-order valence-corrected chi connectivity index (χ0v) is 26.4. The van der Waals surface area contributed by atoms with Gasteiger partial charge in [0.05, 0.1) is 12.1 Å². The van der Waals surface area contributed by atoms with E-state index in [1.165, 1.54) is 17.0 Å². The van der Waals surface area contributed by atoms with Gasteiger partial charge in [0.25, 0.3) is 0 Å². The van der Waals surface area contributed by atoms with E-state index in [2.05, 4.69) is 22.2 Å². The molecule has 0 spiro atoms. The van der Waals surface area contributed by atoms with Gasteiger partial charge in [-0.05, 0) is 60.2 Å². The molecule has 0 radical (unpaired) electrons. The Kier molecular flexibility index (Phi) is 10.3. The average molecular weight is 657 g/mol. The number of rotatable bonds is 12. The van der Waals surface area contributed by atoms with Crippen molar-refractivity contribution in [3.63, 3.8) is 0 Å². The van der Waals surface area contributed by atoms with Crippen molar-refractivity contribution in [3.8, 4) is 5.75 Å². The first-order valence-electron chi connectivity index (χ1n) is 15.3. The van der Waals surface area contributed by atoms with E-state index in [0.29, 0.717) is 30.0 Å². The van der Waals surface area contributed by atoms with Gasteiger partial charge < -0.3 is 37.1 Å². The van der Waals surface area contributed by atoms with E-state index in [1.54, 1.807) is 42.6 Å². The van der Waals surface area contributed by atoms with Gasteiger partial charge in [0.1, 0.15) is 17.8 Å². The number of likely N-dealkylation sites (tertiary alicyclic amines) is 1. The summed E-state index contributed by atoms with van der Waals surface area (Å²) in [5, 5.41) is 16.4. The number of carbonyl (C=O) groups is 4. The number of para-hydroxylation sites is 1. The number of hydrogen-bond acceptors (Lipinski definition) is 6. The molecule has 0 saturated carbocycles. The highest BCUT2D eigenvalue weighted by Crippen LogP contribution is 2.28. The summed E-state index contributed by atoms with van der Waals surface area (Å²) < 4.78 is 0. The second kappa shape index (κ2) is 14.5. The van der Waals surface area contributed by atoms with Crippen molar-refractivity contribution in [2.24, 2.45) is 11.5 Å². The molecule has 1 saturated heterocycles. The number of aromatic nitrogens is 1. The van der Waals surface area contributed by atoms with E-state index in [0.717, 1.165) is 22.0 Å². The van der Waals surface area contributed by atoms with E-state index in [1.807, 2.05) is 24.3 Å². The zero-order valence-electron chi connectivity index (χ0n) is 25.6. The number of phenols is 1. The fourth-order valence-corrected chi connectivity index (χ4v) is 6.18. The van der Waals surface area contributed by atoms with Crippen LogP contribution in [0, 0.1) is 0 Å². The van der Waals surface area contributed by atoms with Gasteiger partial charge in [-0.15, -0.1) is 0 Å². The number of halogens is 1. The molecule has 11 nitrogen and oxygen atoms in total. The van der Waals surface area contributed by atoms with E-state index in [-0.39, 0.29) is 30.1 Å². The second-order valence-corrected chi connectivity index (χ2v) is 12.1. The van der Waals surface area contributed by atoms with Gasteiger partial charge in [0.2, 0.25) is 23.6 Å². The van der Waals surface area contributed by atoms with Crippen molar-refractivity contribution in [2.45, 2.75) is 49.9 Å². The summed E-state index contributed by atoms with van der Waals surface area (Å²) in [6.07, 6.45) is 3.08. The maximum absolute atomic E-state index is 14.0. The number of hydrogen-bond donors (Lipinski definition) is 6. The number of amides is 4. The molecule has 0 bridgehead atoms. The molecule has 1 fully saturated rings. The quantitative estimate of drug-likeness (QED) is 0.127. The number of aromatic amines is 1. The predicted octanol–water partition coefficient (Wildman–Crippen LogP) is 3.01. The summed E-state index contributed by atoms with van der Waals surface area (Å²) in [5.41, 5.74) is 14.6. The van der Waals surface area contributed by atoms with Gasteiger partial charge in [-0.2, -0.15) is 0 Å². The predicted molar refractivity (Wildman–Crippen MR) is 179 cm³/mol. The van der Waals surface area contributed by atoms with Crippen LogP contribution in [0.5, 0.6) is 5.75 Å². The van der Waals surface area contributed by atoms with Crippen molar-refractivity contribution < 1.29 is 24.3 Å². The molecule has 2 heterocycles. The monoisotopic (exact) mass is 656 g/mol. The summed E-state index contributed by atoms with van der Waals surface area (Å²) in [7, 11) is 0. The number of nitrogens with two attached hydrogens (primary N) is 2. The molecule has 47 heavy (non-hydrogen) atoms. The Bertz CT molecular complexity index is 1810. The Hall–Kier alpha value is -5.13. The van der Waals surface area contributed by atoms with Crippen molar-refractivity contribution in [1.82, 2.24) is 20.5 Å². The molecule has 8 N–H and O–H groups in total. The van der Waals surface area contributed by atoms with Crippen LogP contribution in [-0.4, -0.2) is 63.3 Å². The molecular formula is C35H37ClN6O5. The minimum atomic E-state index is -1.12. The molecule has 244 valence electrons. The number of fused-ring (bicyclic) bond motifs is 1. The van der Waals surface area contributed by atoms with Crippen LogP contribution in [0.15, 0.2) is 91.1 Å². The zero-order chi connectivity index (χ0) is 33.7. The lowest BCUT2D eigenvalue weighted by atomic mass is 9.97. The van der Waals surface area contributed by atoms with Crippen molar-refractivity contribution >= 4 is 46.1 Å². The molecule has 1 aliphatic rings. The molecule has 4 aromatic rings. The van der Waals surface area contributed by atoms with Crippen LogP contribution < -0.4 is 22.1 Å². The fourth-order valence-electron chi connectivity index (χ4n) is 5.93. The van der Waals surface area contributed by atoms with Crippen LogP contribution in [0.3, 0.4) is 0 Å². The first-order valence-corrected chi connectivity index (χ1v) is 15.6. The van der Waals surface area contributed by atoms with E-state index in [9.17, 15) is 24.3 Å². The normalized spacial score (nSPS) is 16.3. The Morgan fingerprint density at radius 2 is 1.70 bits per heavy atom. The summed E-state index contributed by atoms with van der Waals surface area (Å²) in [4.78, 5) is 58.2. The number of benzene rings is 3. The van der Waals surface area contributed by atoms with Crippen LogP contribution in [0.2, 0.25) is 5.02 Å². The van der Waals surface area contributed by atoms with Crippen LogP contribution in [-0.2, 0) is 32.0 Å². The number of carbonyl (C=O) groups excluding carboxylic acids is 4. The number of nitrogens with zero attached hydrogens (tertiary/aromatic N) is 1. The molecule has 0 aliphatic carbocycles. The van der Waals surface area contributed by atoms with Crippen molar-refractivity contribution in [3.05, 3.63) is 113 Å². The minimum absolute atomic E-state index is 0.0844. The summed E-state index contributed by atoms with van der Waals surface area (Å²) in [6, 6.07) is 16.8. The molecule has 1 aliphatic heterocycles. The molecule has 4 atom stereocenters. The number of phenolic OH excluding ortho intramolecular Hbond substituents is 1. The highest BCUT2D eigenvalue weighted by atomic mass is 35.5. The van der Waals surface area contributed by atoms with E-state index < -0.39 is 41.9 Å². The lowest BCUT2D eigenvalue weighted by Crippen LogP contribution is -2.56. The van der Waals surface area contributed by atoms with Gasteiger partial charge in [-0.3, -0.25) is 19.2 Å². The Morgan fingerprint density at radius 3 is 2.43 bits per heavy atom. The van der Waals surface area contributed by atoms with Crippen LogP contribution in [0.4, 0.5) is 0 Å². The SMILES string of the molecule is C=C(C(N)=O)[C@@H](NC(=O)[C@H](Cc1c[nH]c2ccccc12)NC(=O)[C@@H]1CCCN1C(=O)[C@@H](N)Cc1ccc(O)cc1)c1ccccc1Cl. The molecule has 4 amide bonds. The summed E-state index contributed by atoms with van der Waals surface area (Å²) >= 11 is 6.43. The van der Waals surface area contributed by atoms with Crippen LogP contribution in [0.1, 0.15) is 35.6 Å². The first kappa shape index (κ1) is 33.2. The summed E-state index contributed by atoms with van der Waals surface area (Å²) in [5.74, 6) is -2.21. The largest absolute Gasteiger partial charge is 0.508 e. The van der Waals surface area contributed by atoms with Crippen LogP contribution in [0.25, 0.3) is 10.9 Å². The molecular weight excluding hydrogens is 620 g/mol. The average Bonchev–Trinajstić information content (AvgIpc) is 3.72. The fraction of sp³-hybridized carbons (Fsp3) is 0.257. The van der Waals surface area contributed by atoms with E-state index >= 15 is 0 Å². The first-order chi connectivity index (χ1) is 22.5. The van der Waals surface area contributed by atoms with Gasteiger partial charge >= 0.3 is 0 Å².